The van der Waals surface area contributed by atoms with Crippen molar-refractivity contribution in [3.63, 3.8) is 0 Å². The topological polar surface area (TPSA) is 68.8 Å². The van der Waals surface area contributed by atoms with E-state index in [1.54, 1.807) is 13.2 Å². The van der Waals surface area contributed by atoms with Gasteiger partial charge >= 0.3 is 0 Å². The second kappa shape index (κ2) is 6.16. The van der Waals surface area contributed by atoms with Crippen LogP contribution in [0, 0.1) is 0 Å². The molecule has 1 N–H and O–H groups in total. The predicted molar refractivity (Wildman–Crippen MR) is 93.8 cm³/mol. The molecule has 0 unspecified atom stereocenters. The lowest BCUT2D eigenvalue weighted by atomic mass is 10.1. The molecule has 0 spiro atoms. The third kappa shape index (κ3) is 2.85. The molecule has 0 aliphatic rings. The summed E-state index contributed by atoms with van der Waals surface area (Å²) in [6.45, 7) is 0. The lowest BCUT2D eigenvalue weighted by Crippen LogP contribution is -2.11. The number of rotatable bonds is 4. The van der Waals surface area contributed by atoms with Gasteiger partial charge in [-0.25, -0.2) is 4.98 Å². The monoisotopic (exact) mass is 333 g/mol. The zero-order chi connectivity index (χ0) is 17.2. The smallest absolute Gasteiger partial charge is 0.259 e. The number of benzene rings is 1. The summed E-state index contributed by atoms with van der Waals surface area (Å²) >= 11 is 0. The SMILES string of the molecule is COc1ccc(-c2cn3ccccc3n2)cc1NC(=O)c1ccoc1. The Morgan fingerprint density at radius 2 is 2.16 bits per heavy atom. The molecular weight excluding hydrogens is 318 g/mol. The number of amides is 1. The van der Waals surface area contributed by atoms with Crippen molar-refractivity contribution in [2.75, 3.05) is 12.4 Å². The highest BCUT2D eigenvalue weighted by Crippen LogP contribution is 2.30. The van der Waals surface area contributed by atoms with Crippen molar-refractivity contribution in [2.24, 2.45) is 0 Å². The van der Waals surface area contributed by atoms with Gasteiger partial charge in [0.15, 0.2) is 0 Å². The number of fused-ring (bicyclic) bond motifs is 1. The van der Waals surface area contributed by atoms with E-state index < -0.39 is 0 Å². The van der Waals surface area contributed by atoms with Crippen LogP contribution in [0.1, 0.15) is 10.4 Å². The molecule has 3 heterocycles. The van der Waals surface area contributed by atoms with Crippen LogP contribution < -0.4 is 10.1 Å². The molecule has 1 aromatic carbocycles. The van der Waals surface area contributed by atoms with Crippen molar-refractivity contribution in [2.45, 2.75) is 0 Å². The van der Waals surface area contributed by atoms with Gasteiger partial charge in [0.2, 0.25) is 0 Å². The largest absolute Gasteiger partial charge is 0.495 e. The molecule has 124 valence electrons. The number of pyridine rings is 1. The van der Waals surface area contributed by atoms with Gasteiger partial charge < -0.3 is 18.9 Å². The van der Waals surface area contributed by atoms with Crippen molar-refractivity contribution in [1.82, 2.24) is 9.38 Å². The maximum Gasteiger partial charge on any atom is 0.259 e. The molecule has 1 amide bonds. The van der Waals surface area contributed by atoms with E-state index in [1.807, 2.05) is 53.2 Å². The highest BCUT2D eigenvalue weighted by molar-refractivity contribution is 6.05. The average molecular weight is 333 g/mol. The molecular formula is C19H15N3O3. The molecule has 0 aliphatic carbocycles. The number of methoxy groups -OCH3 is 1. The van der Waals surface area contributed by atoms with Crippen LogP contribution in [-0.4, -0.2) is 22.4 Å². The van der Waals surface area contributed by atoms with Crippen LogP contribution in [0.2, 0.25) is 0 Å². The number of ether oxygens (including phenoxy) is 1. The van der Waals surface area contributed by atoms with Gasteiger partial charge in [-0.15, -0.1) is 0 Å². The molecule has 6 heteroatoms. The molecule has 0 fully saturated rings. The first-order valence-electron chi connectivity index (χ1n) is 7.70. The first-order chi connectivity index (χ1) is 12.2. The van der Waals surface area contributed by atoms with Crippen molar-refractivity contribution < 1.29 is 13.9 Å². The summed E-state index contributed by atoms with van der Waals surface area (Å²) in [6, 6.07) is 13.0. The van der Waals surface area contributed by atoms with Gasteiger partial charge in [0.05, 0.1) is 30.3 Å². The highest BCUT2D eigenvalue weighted by Gasteiger charge is 2.13. The molecule has 0 aliphatic heterocycles. The summed E-state index contributed by atoms with van der Waals surface area (Å²) < 4.78 is 12.2. The number of nitrogens with zero attached hydrogens (tertiary/aromatic N) is 2. The molecule has 0 atom stereocenters. The van der Waals surface area contributed by atoms with Crippen LogP contribution in [0.3, 0.4) is 0 Å². The fraction of sp³-hybridized carbons (Fsp3) is 0.0526. The van der Waals surface area contributed by atoms with E-state index >= 15 is 0 Å². The number of carbonyl (C=O) groups is 1. The number of hydrogen-bond donors (Lipinski definition) is 1. The van der Waals surface area contributed by atoms with Crippen molar-refractivity contribution in [3.05, 3.63) is 72.9 Å². The van der Waals surface area contributed by atoms with E-state index in [0.717, 1.165) is 16.9 Å². The second-order valence-corrected chi connectivity index (χ2v) is 5.47. The van der Waals surface area contributed by atoms with E-state index in [4.69, 9.17) is 9.15 Å². The number of nitrogens with one attached hydrogen (secondary N) is 1. The Bertz CT molecular complexity index is 1000. The Labute approximate surface area is 143 Å². The first kappa shape index (κ1) is 15.0. The fourth-order valence-corrected chi connectivity index (χ4v) is 2.63. The van der Waals surface area contributed by atoms with Crippen molar-refractivity contribution in [1.29, 1.82) is 0 Å². The van der Waals surface area contributed by atoms with Gasteiger partial charge in [0.25, 0.3) is 5.91 Å². The quantitative estimate of drug-likeness (QED) is 0.616. The van der Waals surface area contributed by atoms with Crippen LogP contribution in [0.4, 0.5) is 5.69 Å². The molecule has 4 rings (SSSR count). The standard InChI is InChI=1S/C19H15N3O3/c1-24-17-6-5-13(16-11-22-8-3-2-4-18(22)20-16)10-15(17)21-19(23)14-7-9-25-12-14/h2-12H,1H3,(H,21,23). The summed E-state index contributed by atoms with van der Waals surface area (Å²) in [5.41, 5.74) is 3.57. The second-order valence-electron chi connectivity index (χ2n) is 5.47. The van der Waals surface area contributed by atoms with Crippen LogP contribution in [0.25, 0.3) is 16.9 Å². The minimum absolute atomic E-state index is 0.265. The number of imidazole rings is 1. The van der Waals surface area contributed by atoms with E-state index in [9.17, 15) is 4.79 Å². The number of furan rings is 1. The lowest BCUT2D eigenvalue weighted by molar-refractivity contribution is 0.102. The Balaban J connectivity index is 1.71. The molecule has 0 bridgehead atoms. The maximum absolute atomic E-state index is 12.3. The predicted octanol–water partition coefficient (Wildman–Crippen LogP) is 3.86. The Kier molecular flexibility index (Phi) is 3.70. The minimum Gasteiger partial charge on any atom is -0.495 e. The van der Waals surface area contributed by atoms with Gasteiger partial charge in [-0.2, -0.15) is 0 Å². The minimum atomic E-state index is -0.265. The normalized spacial score (nSPS) is 10.8. The summed E-state index contributed by atoms with van der Waals surface area (Å²) in [4.78, 5) is 16.9. The van der Waals surface area contributed by atoms with Gasteiger partial charge in [-0.05, 0) is 36.4 Å². The fourth-order valence-electron chi connectivity index (χ4n) is 2.63. The Morgan fingerprint density at radius 1 is 1.24 bits per heavy atom. The van der Waals surface area contributed by atoms with E-state index in [-0.39, 0.29) is 5.91 Å². The van der Waals surface area contributed by atoms with Gasteiger partial charge in [-0.3, -0.25) is 4.79 Å². The lowest BCUT2D eigenvalue weighted by Gasteiger charge is -2.11. The van der Waals surface area contributed by atoms with Crippen molar-refractivity contribution in [3.8, 4) is 17.0 Å². The number of anilines is 1. The van der Waals surface area contributed by atoms with Gasteiger partial charge in [0.1, 0.15) is 17.7 Å². The highest BCUT2D eigenvalue weighted by atomic mass is 16.5. The Hall–Kier alpha value is -3.54. The molecule has 6 nitrogen and oxygen atoms in total. The zero-order valence-corrected chi connectivity index (χ0v) is 13.5. The van der Waals surface area contributed by atoms with E-state index in [2.05, 4.69) is 10.3 Å². The van der Waals surface area contributed by atoms with E-state index in [1.165, 1.54) is 12.5 Å². The number of hydrogen-bond acceptors (Lipinski definition) is 4. The van der Waals surface area contributed by atoms with Crippen LogP contribution in [0.15, 0.2) is 71.8 Å². The Morgan fingerprint density at radius 3 is 2.92 bits per heavy atom. The molecule has 25 heavy (non-hydrogen) atoms. The molecule has 0 radical (unpaired) electrons. The van der Waals surface area contributed by atoms with Crippen molar-refractivity contribution >= 4 is 17.2 Å². The summed E-state index contributed by atoms with van der Waals surface area (Å²) in [6.07, 6.45) is 6.74. The summed E-state index contributed by atoms with van der Waals surface area (Å²) in [7, 11) is 1.56. The molecule has 3 aromatic heterocycles. The van der Waals surface area contributed by atoms with Crippen LogP contribution >= 0.6 is 0 Å². The summed E-state index contributed by atoms with van der Waals surface area (Å²) in [5, 5.41) is 2.85. The van der Waals surface area contributed by atoms with Gasteiger partial charge in [0, 0.05) is 18.0 Å². The average Bonchev–Trinajstić information content (AvgIpc) is 3.31. The molecule has 4 aromatic rings. The third-order valence-electron chi connectivity index (χ3n) is 3.89. The van der Waals surface area contributed by atoms with E-state index in [0.29, 0.717) is 17.0 Å². The molecule has 0 saturated heterocycles. The van der Waals surface area contributed by atoms with Gasteiger partial charge in [-0.1, -0.05) is 6.07 Å². The maximum atomic E-state index is 12.3. The molecule has 0 saturated carbocycles. The zero-order valence-electron chi connectivity index (χ0n) is 13.5. The first-order valence-corrected chi connectivity index (χ1v) is 7.70. The third-order valence-corrected chi connectivity index (χ3v) is 3.89. The number of carbonyl (C=O) groups excluding carboxylic acids is 1. The summed E-state index contributed by atoms with van der Waals surface area (Å²) in [5.74, 6) is 0.309. The van der Waals surface area contributed by atoms with Crippen LogP contribution in [0.5, 0.6) is 5.75 Å². The number of aromatic nitrogens is 2. The van der Waals surface area contributed by atoms with Crippen LogP contribution in [-0.2, 0) is 0 Å².